The van der Waals surface area contributed by atoms with Crippen molar-refractivity contribution >= 4 is 11.7 Å². The van der Waals surface area contributed by atoms with Crippen molar-refractivity contribution in [2.24, 2.45) is 0 Å². The minimum Gasteiger partial charge on any atom is -0.438 e. The number of carbonyl (C=O) groups excluding carboxylic acids is 1. The minimum absolute atomic E-state index is 0.293. The van der Waals surface area contributed by atoms with Crippen molar-refractivity contribution in [1.82, 2.24) is 0 Å². The lowest BCUT2D eigenvalue weighted by Gasteiger charge is -2.07. The van der Waals surface area contributed by atoms with Crippen LogP contribution in [0.5, 0.6) is 0 Å². The molecule has 1 aliphatic heterocycles. The predicted octanol–water partition coefficient (Wildman–Crippen LogP) is 0.689. The number of para-hydroxylation sites is 1. The minimum atomic E-state index is -0.558. The second kappa shape index (κ2) is 3.67. The SMILES string of the molecule is O=C(OCO)C1CNc2ccccc21. The normalized spacial score (nSPS) is 18.5. The third kappa shape index (κ3) is 1.44. The molecule has 74 valence electrons. The summed E-state index contributed by atoms with van der Waals surface area (Å²) in [5.74, 6) is -0.677. The lowest BCUT2D eigenvalue weighted by molar-refractivity contribution is -0.153. The molecule has 1 aromatic rings. The van der Waals surface area contributed by atoms with E-state index in [1.54, 1.807) is 0 Å². The van der Waals surface area contributed by atoms with Crippen LogP contribution in [0.4, 0.5) is 5.69 Å². The van der Waals surface area contributed by atoms with Crippen molar-refractivity contribution in [2.75, 3.05) is 18.7 Å². The first kappa shape index (κ1) is 9.02. The molecule has 2 N–H and O–H groups in total. The Hall–Kier alpha value is -1.55. The quantitative estimate of drug-likeness (QED) is 0.536. The number of ether oxygens (including phenoxy) is 1. The smallest absolute Gasteiger partial charge is 0.317 e. The molecule has 1 heterocycles. The van der Waals surface area contributed by atoms with E-state index in [2.05, 4.69) is 10.1 Å². The van der Waals surface area contributed by atoms with E-state index in [0.717, 1.165) is 11.3 Å². The zero-order chi connectivity index (χ0) is 9.97. The number of aliphatic hydroxyl groups excluding tert-OH is 1. The van der Waals surface area contributed by atoms with Crippen LogP contribution in [0.1, 0.15) is 11.5 Å². The number of carbonyl (C=O) groups is 1. The van der Waals surface area contributed by atoms with Gasteiger partial charge < -0.3 is 15.2 Å². The van der Waals surface area contributed by atoms with E-state index < -0.39 is 6.79 Å². The zero-order valence-corrected chi connectivity index (χ0v) is 7.56. The average Bonchev–Trinajstić information content (AvgIpc) is 2.61. The zero-order valence-electron chi connectivity index (χ0n) is 7.56. The van der Waals surface area contributed by atoms with Gasteiger partial charge in [-0.25, -0.2) is 0 Å². The summed E-state index contributed by atoms with van der Waals surface area (Å²) in [5, 5.41) is 11.6. The van der Waals surface area contributed by atoms with Gasteiger partial charge in [-0.1, -0.05) is 18.2 Å². The molecule has 0 spiro atoms. The van der Waals surface area contributed by atoms with Crippen LogP contribution in [0.25, 0.3) is 0 Å². The van der Waals surface area contributed by atoms with E-state index in [-0.39, 0.29) is 11.9 Å². The molecule has 0 saturated heterocycles. The molecule has 0 saturated carbocycles. The van der Waals surface area contributed by atoms with Gasteiger partial charge in [-0.2, -0.15) is 0 Å². The van der Waals surface area contributed by atoms with E-state index in [0.29, 0.717) is 6.54 Å². The highest BCUT2D eigenvalue weighted by Gasteiger charge is 2.29. The number of nitrogens with one attached hydrogen (secondary N) is 1. The van der Waals surface area contributed by atoms with E-state index in [9.17, 15) is 4.79 Å². The molecular weight excluding hydrogens is 182 g/mol. The number of benzene rings is 1. The summed E-state index contributed by atoms with van der Waals surface area (Å²) in [6, 6.07) is 7.59. The van der Waals surface area contributed by atoms with Gasteiger partial charge in [0.1, 0.15) is 5.92 Å². The van der Waals surface area contributed by atoms with Crippen molar-refractivity contribution < 1.29 is 14.6 Å². The molecular formula is C10H11NO3. The highest BCUT2D eigenvalue weighted by atomic mass is 16.6. The molecule has 0 bridgehead atoms. The molecule has 4 heteroatoms. The van der Waals surface area contributed by atoms with E-state index >= 15 is 0 Å². The standard InChI is InChI=1S/C10H11NO3/c12-6-14-10(13)8-5-11-9-4-2-1-3-7(8)9/h1-4,8,11-12H,5-6H2. The van der Waals surface area contributed by atoms with Crippen molar-refractivity contribution in [2.45, 2.75) is 5.92 Å². The lowest BCUT2D eigenvalue weighted by Crippen LogP contribution is -2.18. The predicted molar refractivity (Wildman–Crippen MR) is 50.9 cm³/mol. The largest absolute Gasteiger partial charge is 0.438 e. The van der Waals surface area contributed by atoms with Gasteiger partial charge in [0.15, 0.2) is 6.79 Å². The molecule has 0 aromatic heterocycles. The van der Waals surface area contributed by atoms with Gasteiger partial charge in [0.2, 0.25) is 0 Å². The van der Waals surface area contributed by atoms with Gasteiger partial charge in [-0.15, -0.1) is 0 Å². The fraction of sp³-hybridized carbons (Fsp3) is 0.300. The molecule has 1 unspecified atom stereocenters. The number of hydrogen-bond acceptors (Lipinski definition) is 4. The molecule has 1 aromatic carbocycles. The Bertz CT molecular complexity index is 351. The van der Waals surface area contributed by atoms with Crippen LogP contribution >= 0.6 is 0 Å². The van der Waals surface area contributed by atoms with E-state index in [1.165, 1.54) is 0 Å². The summed E-state index contributed by atoms with van der Waals surface area (Å²) < 4.78 is 4.56. The second-order valence-electron chi connectivity index (χ2n) is 3.11. The summed E-state index contributed by atoms with van der Waals surface area (Å²) in [5.41, 5.74) is 1.90. The Labute approximate surface area is 81.5 Å². The Balaban J connectivity index is 2.21. The molecule has 4 nitrogen and oxygen atoms in total. The van der Waals surface area contributed by atoms with Gasteiger partial charge in [-0.3, -0.25) is 4.79 Å². The van der Waals surface area contributed by atoms with E-state index in [1.807, 2.05) is 24.3 Å². The first-order chi connectivity index (χ1) is 6.83. The molecule has 0 fully saturated rings. The van der Waals surface area contributed by atoms with Crippen molar-refractivity contribution in [3.63, 3.8) is 0 Å². The summed E-state index contributed by atoms with van der Waals surface area (Å²) >= 11 is 0. The number of rotatable bonds is 2. The fourth-order valence-electron chi connectivity index (χ4n) is 1.66. The molecule has 0 radical (unpaired) electrons. The van der Waals surface area contributed by atoms with Crippen molar-refractivity contribution in [3.8, 4) is 0 Å². The molecule has 14 heavy (non-hydrogen) atoms. The van der Waals surface area contributed by atoms with Gasteiger partial charge in [0, 0.05) is 12.2 Å². The molecule has 1 aliphatic rings. The van der Waals surface area contributed by atoms with Crippen LogP contribution in [0.15, 0.2) is 24.3 Å². The molecule has 1 atom stereocenters. The highest BCUT2D eigenvalue weighted by molar-refractivity contribution is 5.83. The van der Waals surface area contributed by atoms with Crippen molar-refractivity contribution in [3.05, 3.63) is 29.8 Å². The lowest BCUT2D eigenvalue weighted by atomic mass is 10.0. The van der Waals surface area contributed by atoms with Gasteiger partial charge >= 0.3 is 5.97 Å². The maximum atomic E-state index is 11.4. The average molecular weight is 193 g/mol. The summed E-state index contributed by atoms with van der Waals surface area (Å²) in [6.45, 7) is -0.0182. The third-order valence-corrected chi connectivity index (χ3v) is 2.32. The number of esters is 1. The van der Waals surface area contributed by atoms with E-state index in [4.69, 9.17) is 5.11 Å². The Kier molecular flexibility index (Phi) is 2.37. The van der Waals surface area contributed by atoms with Gasteiger partial charge in [-0.05, 0) is 11.6 Å². The number of fused-ring (bicyclic) bond motifs is 1. The topological polar surface area (TPSA) is 58.6 Å². The maximum Gasteiger partial charge on any atom is 0.317 e. The Morgan fingerprint density at radius 3 is 3.14 bits per heavy atom. The van der Waals surface area contributed by atoms with Crippen LogP contribution in [0.3, 0.4) is 0 Å². The van der Waals surface area contributed by atoms with Crippen LogP contribution < -0.4 is 5.32 Å². The summed E-state index contributed by atoms with van der Waals surface area (Å²) in [7, 11) is 0. The Morgan fingerprint density at radius 1 is 1.57 bits per heavy atom. The monoisotopic (exact) mass is 193 g/mol. The fourth-order valence-corrected chi connectivity index (χ4v) is 1.66. The summed E-state index contributed by atoms with van der Waals surface area (Å²) in [6.07, 6.45) is 0. The van der Waals surface area contributed by atoms with Crippen molar-refractivity contribution in [1.29, 1.82) is 0 Å². The van der Waals surface area contributed by atoms with Crippen LogP contribution in [0.2, 0.25) is 0 Å². The van der Waals surface area contributed by atoms with Gasteiger partial charge in [0.05, 0.1) is 0 Å². The van der Waals surface area contributed by atoms with Crippen LogP contribution in [-0.4, -0.2) is 24.4 Å². The molecule has 2 rings (SSSR count). The third-order valence-electron chi connectivity index (χ3n) is 2.32. The molecule has 0 amide bonds. The number of hydrogen-bond donors (Lipinski definition) is 2. The van der Waals surface area contributed by atoms with Gasteiger partial charge in [0.25, 0.3) is 0 Å². The second-order valence-corrected chi connectivity index (χ2v) is 3.11. The molecule has 0 aliphatic carbocycles. The van der Waals surface area contributed by atoms with Crippen LogP contribution in [0, 0.1) is 0 Å². The Morgan fingerprint density at radius 2 is 2.36 bits per heavy atom. The van der Waals surface area contributed by atoms with Crippen LogP contribution in [-0.2, 0) is 9.53 Å². The highest BCUT2D eigenvalue weighted by Crippen LogP contribution is 2.31. The number of aliphatic hydroxyl groups is 1. The first-order valence-electron chi connectivity index (χ1n) is 4.43. The summed E-state index contributed by atoms with van der Waals surface area (Å²) in [4.78, 5) is 11.4. The first-order valence-corrected chi connectivity index (χ1v) is 4.43. The maximum absolute atomic E-state index is 11.4. The number of anilines is 1.